The van der Waals surface area contributed by atoms with Crippen LogP contribution in [-0.2, 0) is 21.2 Å². The van der Waals surface area contributed by atoms with Gasteiger partial charge in [0.2, 0.25) is 15.9 Å². The Hall–Kier alpha value is -2.54. The third-order valence-corrected chi connectivity index (χ3v) is 5.64. The molecule has 0 heterocycles. The zero-order chi connectivity index (χ0) is 20.7. The zero-order valence-electron chi connectivity index (χ0n) is 16.8. The van der Waals surface area contributed by atoms with Crippen molar-refractivity contribution in [3.8, 4) is 5.75 Å². The largest absolute Gasteiger partial charge is 0.497 e. The summed E-state index contributed by atoms with van der Waals surface area (Å²) in [5, 5.41) is 2.87. The molecule has 152 valence electrons. The van der Waals surface area contributed by atoms with Gasteiger partial charge in [0, 0.05) is 6.54 Å². The molecule has 0 bridgehead atoms. The van der Waals surface area contributed by atoms with Crippen molar-refractivity contribution >= 4 is 21.6 Å². The Balaban J connectivity index is 2.10. The lowest BCUT2D eigenvalue weighted by Gasteiger charge is -2.30. The van der Waals surface area contributed by atoms with Gasteiger partial charge in [-0.05, 0) is 55.2 Å². The van der Waals surface area contributed by atoms with E-state index in [0.717, 1.165) is 23.1 Å². The molecule has 2 aromatic carbocycles. The van der Waals surface area contributed by atoms with Gasteiger partial charge in [0.1, 0.15) is 11.8 Å². The minimum absolute atomic E-state index is 0.303. The number of carbonyl (C=O) groups is 1. The number of sulfonamides is 1. The topological polar surface area (TPSA) is 75.7 Å². The fourth-order valence-corrected chi connectivity index (χ4v) is 4.27. The lowest BCUT2D eigenvalue weighted by molar-refractivity contribution is -0.122. The maximum absolute atomic E-state index is 12.8. The quantitative estimate of drug-likeness (QED) is 0.697. The molecule has 7 heteroatoms. The summed E-state index contributed by atoms with van der Waals surface area (Å²) in [4.78, 5) is 12.8. The summed E-state index contributed by atoms with van der Waals surface area (Å²) in [5.74, 6) is 0.476. The van der Waals surface area contributed by atoms with E-state index in [2.05, 4.69) is 5.32 Å². The second-order valence-corrected chi connectivity index (χ2v) is 8.57. The Labute approximate surface area is 167 Å². The number of aryl methyl sites for hydroxylation is 1. The summed E-state index contributed by atoms with van der Waals surface area (Å²) in [7, 11) is -2.00. The van der Waals surface area contributed by atoms with Crippen molar-refractivity contribution < 1.29 is 17.9 Å². The number of hydrogen-bond donors (Lipinski definition) is 1. The van der Waals surface area contributed by atoms with Crippen molar-refractivity contribution in [3.63, 3.8) is 0 Å². The molecule has 0 aromatic heterocycles. The number of nitrogens with zero attached hydrogens (tertiary/aromatic N) is 1. The first-order valence-corrected chi connectivity index (χ1v) is 11.1. The van der Waals surface area contributed by atoms with Gasteiger partial charge in [-0.25, -0.2) is 8.42 Å². The minimum Gasteiger partial charge on any atom is -0.497 e. The smallest absolute Gasteiger partial charge is 0.243 e. The summed E-state index contributed by atoms with van der Waals surface area (Å²) in [6.07, 6.45) is 2.15. The van der Waals surface area contributed by atoms with Crippen LogP contribution in [0.3, 0.4) is 0 Å². The maximum atomic E-state index is 12.8. The molecule has 0 fully saturated rings. The molecule has 0 saturated carbocycles. The molecule has 0 unspecified atom stereocenters. The summed E-state index contributed by atoms with van der Waals surface area (Å²) >= 11 is 0. The van der Waals surface area contributed by atoms with E-state index in [1.165, 1.54) is 4.31 Å². The fourth-order valence-electron chi connectivity index (χ4n) is 3.07. The first-order valence-electron chi connectivity index (χ1n) is 9.23. The van der Waals surface area contributed by atoms with E-state index in [9.17, 15) is 13.2 Å². The number of anilines is 1. The van der Waals surface area contributed by atoms with E-state index < -0.39 is 16.1 Å². The van der Waals surface area contributed by atoms with Gasteiger partial charge < -0.3 is 10.1 Å². The molecule has 6 nitrogen and oxygen atoms in total. The highest BCUT2D eigenvalue weighted by Gasteiger charge is 2.31. The lowest BCUT2D eigenvalue weighted by Crippen LogP contribution is -2.49. The number of benzene rings is 2. The van der Waals surface area contributed by atoms with Crippen LogP contribution in [0.25, 0.3) is 0 Å². The molecular weight excluding hydrogens is 376 g/mol. The van der Waals surface area contributed by atoms with Crippen molar-refractivity contribution in [3.05, 3.63) is 59.7 Å². The van der Waals surface area contributed by atoms with Gasteiger partial charge in [-0.3, -0.25) is 9.10 Å². The predicted molar refractivity (Wildman–Crippen MR) is 112 cm³/mol. The molecule has 0 aliphatic rings. The van der Waals surface area contributed by atoms with Gasteiger partial charge >= 0.3 is 0 Å². The highest BCUT2D eigenvalue weighted by Crippen LogP contribution is 2.23. The predicted octanol–water partition coefficient (Wildman–Crippen LogP) is 2.91. The van der Waals surface area contributed by atoms with Crippen LogP contribution in [0.2, 0.25) is 0 Å². The molecule has 28 heavy (non-hydrogen) atoms. The monoisotopic (exact) mass is 404 g/mol. The van der Waals surface area contributed by atoms with Crippen LogP contribution in [-0.4, -0.2) is 40.3 Å². The highest BCUT2D eigenvalue weighted by atomic mass is 32.2. The molecule has 2 aromatic rings. The molecule has 1 amide bonds. The van der Waals surface area contributed by atoms with Crippen LogP contribution in [0, 0.1) is 6.92 Å². The van der Waals surface area contributed by atoms with E-state index in [-0.39, 0.29) is 5.91 Å². The fraction of sp³-hybridized carbons (Fsp3) is 0.381. The Bertz CT molecular complexity index is 895. The average Bonchev–Trinajstić information content (AvgIpc) is 2.65. The SMILES string of the molecule is CC[C@@H](C(=O)NCCc1ccc(OC)cc1)N(c1cccc(C)c1)S(C)(=O)=O. The number of hydrogen-bond acceptors (Lipinski definition) is 4. The molecule has 0 aliphatic heterocycles. The summed E-state index contributed by atoms with van der Waals surface area (Å²) in [5.41, 5.74) is 2.49. The molecule has 0 saturated heterocycles. The van der Waals surface area contributed by atoms with Crippen LogP contribution in [0.1, 0.15) is 24.5 Å². The van der Waals surface area contributed by atoms with Crippen LogP contribution in [0.4, 0.5) is 5.69 Å². The van der Waals surface area contributed by atoms with Gasteiger partial charge in [0.25, 0.3) is 0 Å². The maximum Gasteiger partial charge on any atom is 0.243 e. The summed E-state index contributed by atoms with van der Waals surface area (Å²) in [6.45, 7) is 4.12. The summed E-state index contributed by atoms with van der Waals surface area (Å²) < 4.78 is 31.2. The number of carbonyl (C=O) groups excluding carboxylic acids is 1. The molecular formula is C21H28N2O4S. The first-order chi connectivity index (χ1) is 13.3. The van der Waals surface area contributed by atoms with Crippen LogP contribution >= 0.6 is 0 Å². The lowest BCUT2D eigenvalue weighted by atomic mass is 10.1. The third-order valence-electron chi connectivity index (χ3n) is 4.46. The molecule has 2 rings (SSSR count). The average molecular weight is 405 g/mol. The number of rotatable bonds is 9. The van der Waals surface area contributed by atoms with E-state index in [1.807, 2.05) is 44.2 Å². The second-order valence-electron chi connectivity index (χ2n) is 6.71. The van der Waals surface area contributed by atoms with Crippen LogP contribution < -0.4 is 14.4 Å². The highest BCUT2D eigenvalue weighted by molar-refractivity contribution is 7.92. The van der Waals surface area contributed by atoms with Crippen molar-refractivity contribution in [1.29, 1.82) is 0 Å². The number of amides is 1. The van der Waals surface area contributed by atoms with E-state index in [4.69, 9.17) is 4.74 Å². The Morgan fingerprint density at radius 2 is 1.86 bits per heavy atom. The van der Waals surface area contributed by atoms with Crippen molar-refractivity contribution in [1.82, 2.24) is 5.32 Å². The van der Waals surface area contributed by atoms with Gasteiger partial charge in [-0.2, -0.15) is 0 Å². The van der Waals surface area contributed by atoms with E-state index >= 15 is 0 Å². The van der Waals surface area contributed by atoms with E-state index in [1.54, 1.807) is 25.3 Å². The Morgan fingerprint density at radius 1 is 1.18 bits per heavy atom. The molecule has 0 aliphatic carbocycles. The summed E-state index contributed by atoms with van der Waals surface area (Å²) in [6, 6.07) is 14.0. The van der Waals surface area contributed by atoms with Gasteiger partial charge in [0.15, 0.2) is 0 Å². The van der Waals surface area contributed by atoms with Crippen LogP contribution in [0.5, 0.6) is 5.75 Å². The molecule has 0 spiro atoms. The Morgan fingerprint density at radius 3 is 2.39 bits per heavy atom. The molecule has 1 N–H and O–H groups in total. The van der Waals surface area contributed by atoms with Gasteiger partial charge in [-0.15, -0.1) is 0 Å². The van der Waals surface area contributed by atoms with E-state index in [0.29, 0.717) is 25.1 Å². The van der Waals surface area contributed by atoms with Gasteiger partial charge in [0.05, 0.1) is 19.1 Å². The molecule has 1 atom stereocenters. The standard InChI is InChI=1S/C21H28N2O4S/c1-5-20(23(28(4,25)26)18-8-6-7-16(2)15-18)21(24)22-14-13-17-9-11-19(27-3)12-10-17/h6-12,15,20H,5,13-14H2,1-4H3,(H,22,24)/t20-/m0/s1. The Kier molecular flexibility index (Phi) is 7.45. The molecule has 0 radical (unpaired) electrons. The minimum atomic E-state index is -3.62. The van der Waals surface area contributed by atoms with Crippen LogP contribution in [0.15, 0.2) is 48.5 Å². The number of methoxy groups -OCH3 is 1. The van der Waals surface area contributed by atoms with Crippen molar-refractivity contribution in [2.45, 2.75) is 32.7 Å². The third kappa shape index (κ3) is 5.73. The zero-order valence-corrected chi connectivity index (χ0v) is 17.6. The van der Waals surface area contributed by atoms with Crippen molar-refractivity contribution in [2.24, 2.45) is 0 Å². The normalized spacial score (nSPS) is 12.3. The second kappa shape index (κ2) is 9.59. The number of nitrogens with one attached hydrogen (secondary N) is 1. The first kappa shape index (κ1) is 21.8. The number of ether oxygens (including phenoxy) is 1. The van der Waals surface area contributed by atoms with Gasteiger partial charge in [-0.1, -0.05) is 31.2 Å². The van der Waals surface area contributed by atoms with Crippen molar-refractivity contribution in [2.75, 3.05) is 24.2 Å².